The highest BCUT2D eigenvalue weighted by Gasteiger charge is 2.22. The average molecular weight is 1510 g/mol. The van der Waals surface area contributed by atoms with E-state index in [1.54, 1.807) is 0 Å². The Morgan fingerprint density at radius 2 is 0.364 bits per heavy atom. The SMILES string of the molecule is c1ccc(-c2cc(-c3ccccc3)cc(-n3c4ccccc4c4c5cc(-c6ccc(-c7nc(-c8ccccc8)nc(-c8ccccc8)n7)cc6)ccc5ccc43)c2)cc1.c1ccc(-c2cc(-c3ccccc3)cc(-n3c4ccccc4c4c5cc(-c6cccc(-c7nc(-c8ccccc8)nc(-c8ccccc8)n7)c6)ccc5ccc43)c2)cc1. The summed E-state index contributed by atoms with van der Waals surface area (Å²) in [7, 11) is 0. The van der Waals surface area contributed by atoms with Crippen LogP contribution in [0.15, 0.2) is 437 Å². The molecule has 0 aliphatic carbocycles. The van der Waals surface area contributed by atoms with Gasteiger partial charge in [0.05, 0.1) is 22.1 Å². The predicted molar refractivity (Wildman–Crippen MR) is 489 cm³/mol. The van der Waals surface area contributed by atoms with Crippen molar-refractivity contribution >= 4 is 65.2 Å². The van der Waals surface area contributed by atoms with Crippen LogP contribution in [0.1, 0.15) is 0 Å². The molecule has 118 heavy (non-hydrogen) atoms. The molecule has 552 valence electrons. The Hall–Kier alpha value is -15.9. The van der Waals surface area contributed by atoms with Gasteiger partial charge >= 0.3 is 0 Å². The molecule has 0 N–H and O–H groups in total. The van der Waals surface area contributed by atoms with Crippen LogP contribution in [-0.2, 0) is 0 Å². The maximum atomic E-state index is 5.02. The third-order valence-corrected chi connectivity index (χ3v) is 22.4. The number of aromatic nitrogens is 8. The second-order valence-electron chi connectivity index (χ2n) is 29.7. The van der Waals surface area contributed by atoms with E-state index in [9.17, 15) is 0 Å². The summed E-state index contributed by atoms with van der Waals surface area (Å²) in [5.74, 6) is 3.88. The highest BCUT2D eigenvalue weighted by molar-refractivity contribution is 6.23. The molecule has 0 spiro atoms. The van der Waals surface area contributed by atoms with Crippen molar-refractivity contribution in [2.45, 2.75) is 0 Å². The van der Waals surface area contributed by atoms with Crippen molar-refractivity contribution in [1.82, 2.24) is 39.0 Å². The highest BCUT2D eigenvalue weighted by atomic mass is 15.0. The quantitative estimate of drug-likeness (QED) is 0.108. The van der Waals surface area contributed by atoms with E-state index < -0.39 is 0 Å². The van der Waals surface area contributed by atoms with Crippen LogP contribution < -0.4 is 0 Å². The van der Waals surface area contributed by atoms with E-state index in [0.29, 0.717) is 34.9 Å². The molecule has 4 aromatic heterocycles. The van der Waals surface area contributed by atoms with Gasteiger partial charge in [-0.3, -0.25) is 0 Å². The number of hydrogen-bond acceptors (Lipinski definition) is 6. The first-order valence-corrected chi connectivity index (χ1v) is 39.9. The fraction of sp³-hybridized carbons (Fsp3) is 0. The van der Waals surface area contributed by atoms with E-state index in [4.69, 9.17) is 29.9 Å². The number of fused-ring (bicyclic) bond motifs is 10. The van der Waals surface area contributed by atoms with Crippen LogP contribution in [0, 0.1) is 0 Å². The van der Waals surface area contributed by atoms with Crippen molar-refractivity contribution in [3.8, 4) is 146 Å². The summed E-state index contributed by atoms with van der Waals surface area (Å²) >= 11 is 0. The highest BCUT2D eigenvalue weighted by Crippen LogP contribution is 2.44. The Kier molecular flexibility index (Phi) is 18.1. The van der Waals surface area contributed by atoms with Crippen LogP contribution in [0.25, 0.3) is 212 Å². The van der Waals surface area contributed by atoms with E-state index in [1.807, 2.05) is 121 Å². The zero-order valence-electron chi connectivity index (χ0n) is 64.1. The second kappa shape index (κ2) is 30.5. The maximum absolute atomic E-state index is 5.02. The number of hydrogen-bond donors (Lipinski definition) is 0. The molecule has 4 heterocycles. The maximum Gasteiger partial charge on any atom is 0.164 e. The first-order chi connectivity index (χ1) is 58.5. The minimum absolute atomic E-state index is 0.637. The van der Waals surface area contributed by atoms with Gasteiger partial charge in [0.1, 0.15) is 0 Å². The Labute approximate surface area is 683 Å². The molecule has 0 saturated carbocycles. The van der Waals surface area contributed by atoms with Gasteiger partial charge in [-0.15, -0.1) is 0 Å². The van der Waals surface area contributed by atoms with Crippen LogP contribution in [-0.4, -0.2) is 39.0 Å². The van der Waals surface area contributed by atoms with Crippen molar-refractivity contribution in [2.24, 2.45) is 0 Å². The Balaban J connectivity index is 0.000000147. The largest absolute Gasteiger partial charge is 0.309 e. The lowest BCUT2D eigenvalue weighted by molar-refractivity contribution is 1.07. The Morgan fingerprint density at radius 3 is 0.712 bits per heavy atom. The van der Waals surface area contributed by atoms with Crippen molar-refractivity contribution in [3.05, 3.63) is 437 Å². The summed E-state index contributed by atoms with van der Waals surface area (Å²) in [6.07, 6.45) is 0. The number of rotatable bonds is 14. The zero-order valence-corrected chi connectivity index (χ0v) is 64.1. The summed E-state index contributed by atoms with van der Waals surface area (Å²) in [6.45, 7) is 0. The standard InChI is InChI=1S/2C55H36N4/c1-5-16-37(17-6-1)45-33-46(38-18-7-2-8-19-38)35-47(34-45)59-50-27-14-13-26-48(50)52-49-36-43(29-28-39(49)30-31-51(52)59)42-24-15-25-44(32-42)55-57-53(40-20-9-3-10-21-40)56-54(58-55)41-22-11-4-12-23-41;1-5-15-37(16-6-1)45-33-46(38-17-7-2-8-18-38)35-47(34-45)59-50-24-14-13-23-48(50)52-49-36-44(30-27-40(49)31-32-51(52)59)39-25-28-43(29-26-39)55-57-53(41-19-9-3-10-20-41)56-54(58-55)42-21-11-4-12-22-42/h2*1-36H. The molecule has 0 unspecified atom stereocenters. The minimum Gasteiger partial charge on any atom is -0.309 e. The summed E-state index contributed by atoms with van der Waals surface area (Å²) in [6, 6.07) is 154. The molecule has 0 fully saturated rings. The molecule has 0 aliphatic heterocycles. The molecule has 0 bridgehead atoms. The molecule has 18 aromatic carbocycles. The molecule has 0 aliphatic rings. The van der Waals surface area contributed by atoms with Crippen LogP contribution in [0.4, 0.5) is 0 Å². The lowest BCUT2D eigenvalue weighted by Gasteiger charge is -2.14. The van der Waals surface area contributed by atoms with Crippen LogP contribution in [0.5, 0.6) is 0 Å². The van der Waals surface area contributed by atoms with E-state index in [-0.39, 0.29) is 0 Å². The average Bonchev–Trinajstić information content (AvgIpc) is 1.57. The van der Waals surface area contributed by atoms with Crippen LogP contribution >= 0.6 is 0 Å². The van der Waals surface area contributed by atoms with Gasteiger partial charge in [0, 0.05) is 66.3 Å². The summed E-state index contributed by atoms with van der Waals surface area (Å²) in [4.78, 5) is 29.7. The third-order valence-electron chi connectivity index (χ3n) is 22.4. The normalized spacial score (nSPS) is 11.4. The molecular formula is C110H72N8. The lowest BCUT2D eigenvalue weighted by Crippen LogP contribution is -2.00. The van der Waals surface area contributed by atoms with E-state index >= 15 is 0 Å². The molecular weight excluding hydrogens is 1430 g/mol. The lowest BCUT2D eigenvalue weighted by atomic mass is 9.97. The molecule has 8 heteroatoms. The topological polar surface area (TPSA) is 87.2 Å². The monoisotopic (exact) mass is 1500 g/mol. The van der Waals surface area contributed by atoms with Gasteiger partial charge in [-0.2, -0.15) is 0 Å². The number of para-hydroxylation sites is 2. The second-order valence-corrected chi connectivity index (χ2v) is 29.7. The first-order valence-electron chi connectivity index (χ1n) is 39.9. The number of nitrogens with zero attached hydrogens (tertiary/aromatic N) is 8. The molecule has 0 radical (unpaired) electrons. The van der Waals surface area contributed by atoms with Crippen LogP contribution in [0.2, 0.25) is 0 Å². The van der Waals surface area contributed by atoms with Gasteiger partial charge in [-0.05, 0) is 167 Å². The van der Waals surface area contributed by atoms with Gasteiger partial charge in [-0.25, -0.2) is 29.9 Å². The minimum atomic E-state index is 0.637. The van der Waals surface area contributed by atoms with Gasteiger partial charge in [-0.1, -0.05) is 358 Å². The fourth-order valence-electron chi connectivity index (χ4n) is 16.7. The third kappa shape index (κ3) is 13.5. The molecule has 0 saturated heterocycles. The first kappa shape index (κ1) is 70.0. The summed E-state index contributed by atoms with van der Waals surface area (Å²) < 4.78 is 4.87. The van der Waals surface area contributed by atoms with Crippen molar-refractivity contribution < 1.29 is 0 Å². The van der Waals surface area contributed by atoms with E-state index in [2.05, 4.69) is 325 Å². The van der Waals surface area contributed by atoms with E-state index in [0.717, 1.165) is 67.0 Å². The Morgan fingerprint density at radius 1 is 0.136 bits per heavy atom. The Bertz CT molecular complexity index is 7260. The summed E-state index contributed by atoms with van der Waals surface area (Å²) in [5, 5.41) is 9.76. The smallest absolute Gasteiger partial charge is 0.164 e. The molecule has 0 atom stereocenters. The van der Waals surface area contributed by atoms with Gasteiger partial charge < -0.3 is 9.13 Å². The van der Waals surface area contributed by atoms with Crippen molar-refractivity contribution in [2.75, 3.05) is 0 Å². The van der Waals surface area contributed by atoms with Gasteiger partial charge in [0.2, 0.25) is 0 Å². The zero-order chi connectivity index (χ0) is 78.2. The molecule has 22 rings (SSSR count). The molecule has 22 aromatic rings. The van der Waals surface area contributed by atoms with Crippen molar-refractivity contribution in [3.63, 3.8) is 0 Å². The van der Waals surface area contributed by atoms with Gasteiger partial charge in [0.15, 0.2) is 34.9 Å². The molecule has 0 amide bonds. The van der Waals surface area contributed by atoms with Crippen LogP contribution in [0.3, 0.4) is 0 Å². The number of benzene rings is 18. The van der Waals surface area contributed by atoms with Gasteiger partial charge in [0.25, 0.3) is 0 Å². The van der Waals surface area contributed by atoms with E-state index in [1.165, 1.54) is 110 Å². The fourth-order valence-corrected chi connectivity index (χ4v) is 16.7. The predicted octanol–water partition coefficient (Wildman–Crippen LogP) is 28.2. The molecule has 8 nitrogen and oxygen atoms in total. The van der Waals surface area contributed by atoms with Crippen molar-refractivity contribution in [1.29, 1.82) is 0 Å². The summed E-state index contributed by atoms with van der Waals surface area (Å²) in [5.41, 5.74) is 26.6.